The van der Waals surface area contributed by atoms with Crippen LogP contribution in [0.3, 0.4) is 0 Å². The number of hydrogen-bond acceptors (Lipinski definition) is 7. The number of nitrogens with one attached hydrogen (secondary N) is 2. The fourth-order valence-corrected chi connectivity index (χ4v) is 3.92. The molecule has 0 saturated heterocycles. The van der Waals surface area contributed by atoms with E-state index in [1.165, 1.54) is 7.05 Å². The van der Waals surface area contributed by atoms with E-state index in [4.69, 9.17) is 0 Å². The fourth-order valence-electron chi connectivity index (χ4n) is 3.45. The van der Waals surface area contributed by atoms with Gasteiger partial charge in [0.05, 0.1) is 17.5 Å². The SMILES string of the molecule is CCNC(=O)c1ccc(Nc2ncc(C(F)(F)F)c(CCc3ccc(C)nc3N(C)S(C)(=O)=O)n2)cc1. The number of pyridine rings is 1. The van der Waals surface area contributed by atoms with Gasteiger partial charge in [0.15, 0.2) is 0 Å². The summed E-state index contributed by atoms with van der Waals surface area (Å²) in [6, 6.07) is 9.64. The zero-order valence-electron chi connectivity index (χ0n) is 20.7. The lowest BCUT2D eigenvalue weighted by Gasteiger charge is -2.20. The van der Waals surface area contributed by atoms with Crippen molar-refractivity contribution in [2.24, 2.45) is 0 Å². The molecular formula is C24H27F3N6O3S. The maximum absolute atomic E-state index is 13.7. The average Bonchev–Trinajstić information content (AvgIpc) is 2.82. The third-order valence-corrected chi connectivity index (χ3v) is 6.60. The topological polar surface area (TPSA) is 117 Å². The second kappa shape index (κ2) is 11.1. The van der Waals surface area contributed by atoms with Crippen LogP contribution in [-0.2, 0) is 29.0 Å². The van der Waals surface area contributed by atoms with Crippen molar-refractivity contribution in [2.45, 2.75) is 32.9 Å². The van der Waals surface area contributed by atoms with E-state index in [-0.39, 0.29) is 36.2 Å². The maximum atomic E-state index is 13.7. The minimum atomic E-state index is -4.68. The smallest absolute Gasteiger partial charge is 0.352 e. The van der Waals surface area contributed by atoms with Crippen molar-refractivity contribution in [3.63, 3.8) is 0 Å². The van der Waals surface area contributed by atoms with Crippen LogP contribution in [0.5, 0.6) is 0 Å². The lowest BCUT2D eigenvalue weighted by atomic mass is 10.1. The molecule has 1 amide bonds. The van der Waals surface area contributed by atoms with Crippen LogP contribution in [0.4, 0.5) is 30.6 Å². The van der Waals surface area contributed by atoms with Crippen LogP contribution < -0.4 is 14.9 Å². The van der Waals surface area contributed by atoms with E-state index in [9.17, 15) is 26.4 Å². The molecule has 0 unspecified atom stereocenters. The van der Waals surface area contributed by atoms with Gasteiger partial charge in [0.2, 0.25) is 16.0 Å². The Morgan fingerprint density at radius 1 is 1.05 bits per heavy atom. The quantitative estimate of drug-likeness (QED) is 0.426. The predicted molar refractivity (Wildman–Crippen MR) is 134 cm³/mol. The summed E-state index contributed by atoms with van der Waals surface area (Å²) in [4.78, 5) is 24.1. The minimum absolute atomic E-state index is 0.0516. The van der Waals surface area contributed by atoms with Crippen LogP contribution in [0.2, 0.25) is 0 Å². The standard InChI is InChI=1S/C24H27F3N6O3S/c1-5-28-22(34)17-8-11-18(12-9-17)31-23-29-14-19(24(25,26)27)20(32-23)13-10-16-7-6-15(2)30-21(16)33(3)37(4,35)36/h6-9,11-12,14H,5,10,13H2,1-4H3,(H,28,34)(H,29,31,32). The van der Waals surface area contributed by atoms with E-state index in [0.717, 1.165) is 10.6 Å². The summed E-state index contributed by atoms with van der Waals surface area (Å²) in [5, 5.41) is 5.53. The van der Waals surface area contributed by atoms with E-state index in [2.05, 4.69) is 25.6 Å². The second-order valence-corrected chi connectivity index (χ2v) is 10.3. The molecule has 0 aliphatic heterocycles. The first-order valence-electron chi connectivity index (χ1n) is 11.3. The van der Waals surface area contributed by atoms with Gasteiger partial charge >= 0.3 is 6.18 Å². The number of aromatic nitrogens is 3. The lowest BCUT2D eigenvalue weighted by Crippen LogP contribution is -2.27. The number of carbonyl (C=O) groups excluding carboxylic acids is 1. The average molecular weight is 537 g/mol. The van der Waals surface area contributed by atoms with Gasteiger partial charge in [-0.05, 0) is 62.6 Å². The molecule has 2 N–H and O–H groups in total. The molecule has 3 aromatic rings. The van der Waals surface area contributed by atoms with Crippen LogP contribution >= 0.6 is 0 Å². The molecular weight excluding hydrogens is 509 g/mol. The molecule has 0 spiro atoms. The number of benzene rings is 1. The van der Waals surface area contributed by atoms with Gasteiger partial charge in [0, 0.05) is 36.7 Å². The highest BCUT2D eigenvalue weighted by Crippen LogP contribution is 2.32. The molecule has 0 saturated carbocycles. The number of carbonyl (C=O) groups is 1. The zero-order valence-corrected chi connectivity index (χ0v) is 21.5. The van der Waals surface area contributed by atoms with Crippen molar-refractivity contribution >= 4 is 33.4 Å². The molecule has 0 fully saturated rings. The summed E-state index contributed by atoms with van der Waals surface area (Å²) in [6.45, 7) is 3.97. The molecule has 2 heterocycles. The molecule has 2 aromatic heterocycles. The van der Waals surface area contributed by atoms with Gasteiger partial charge in [-0.25, -0.2) is 23.4 Å². The molecule has 13 heteroatoms. The Morgan fingerprint density at radius 2 is 1.73 bits per heavy atom. The van der Waals surface area contributed by atoms with Gasteiger partial charge in [-0.3, -0.25) is 9.10 Å². The molecule has 1 aromatic carbocycles. The summed E-state index contributed by atoms with van der Waals surface area (Å²) in [7, 11) is -2.29. The molecule has 198 valence electrons. The monoisotopic (exact) mass is 536 g/mol. The molecule has 9 nitrogen and oxygen atoms in total. The number of hydrogen-bond donors (Lipinski definition) is 2. The van der Waals surface area contributed by atoms with Crippen molar-refractivity contribution in [2.75, 3.05) is 29.5 Å². The van der Waals surface area contributed by atoms with Gasteiger partial charge in [0.25, 0.3) is 5.91 Å². The largest absolute Gasteiger partial charge is 0.419 e. The Bertz CT molecular complexity index is 1380. The first-order valence-corrected chi connectivity index (χ1v) is 13.1. The fraction of sp³-hybridized carbons (Fsp3) is 0.333. The van der Waals surface area contributed by atoms with Gasteiger partial charge < -0.3 is 10.6 Å². The van der Waals surface area contributed by atoms with Crippen molar-refractivity contribution in [1.29, 1.82) is 0 Å². The van der Waals surface area contributed by atoms with Gasteiger partial charge in [-0.1, -0.05) is 6.07 Å². The van der Waals surface area contributed by atoms with Crippen LogP contribution in [0, 0.1) is 6.92 Å². The second-order valence-electron chi connectivity index (χ2n) is 8.28. The lowest BCUT2D eigenvalue weighted by molar-refractivity contribution is -0.138. The first-order chi connectivity index (χ1) is 17.3. The highest BCUT2D eigenvalue weighted by molar-refractivity contribution is 7.92. The summed E-state index contributed by atoms with van der Waals surface area (Å²) in [5.74, 6) is -0.145. The minimum Gasteiger partial charge on any atom is -0.352 e. The Morgan fingerprint density at radius 3 is 2.32 bits per heavy atom. The van der Waals surface area contributed by atoms with Gasteiger partial charge in [-0.15, -0.1) is 0 Å². The summed E-state index contributed by atoms with van der Waals surface area (Å²) >= 11 is 0. The van der Waals surface area contributed by atoms with Crippen LogP contribution in [0.15, 0.2) is 42.6 Å². The molecule has 0 atom stereocenters. The number of aryl methyl sites for hydroxylation is 3. The van der Waals surface area contributed by atoms with Crippen LogP contribution in [0.25, 0.3) is 0 Å². The van der Waals surface area contributed by atoms with Crippen molar-refractivity contribution in [3.05, 3.63) is 70.7 Å². The molecule has 0 radical (unpaired) electrons. The number of amides is 1. The van der Waals surface area contributed by atoms with Gasteiger partial charge in [0.1, 0.15) is 5.82 Å². The first kappa shape index (κ1) is 27.8. The van der Waals surface area contributed by atoms with E-state index >= 15 is 0 Å². The number of alkyl halides is 3. The molecule has 0 bridgehead atoms. The van der Waals surface area contributed by atoms with Crippen molar-refractivity contribution < 1.29 is 26.4 Å². The zero-order chi connectivity index (χ0) is 27.4. The maximum Gasteiger partial charge on any atom is 0.419 e. The molecule has 0 aliphatic rings. The Balaban J connectivity index is 1.88. The van der Waals surface area contributed by atoms with E-state index in [0.29, 0.717) is 35.2 Å². The number of halogens is 3. The van der Waals surface area contributed by atoms with Crippen LogP contribution in [0.1, 0.15) is 39.8 Å². The number of anilines is 3. The Kier molecular flexibility index (Phi) is 8.36. The Labute approximate surface area is 213 Å². The van der Waals surface area contributed by atoms with Crippen molar-refractivity contribution in [1.82, 2.24) is 20.3 Å². The molecule has 37 heavy (non-hydrogen) atoms. The third kappa shape index (κ3) is 7.15. The predicted octanol–water partition coefficient (Wildman–Crippen LogP) is 3.87. The van der Waals surface area contributed by atoms with Crippen molar-refractivity contribution in [3.8, 4) is 0 Å². The molecule has 3 rings (SSSR count). The third-order valence-electron chi connectivity index (χ3n) is 5.44. The van der Waals surface area contributed by atoms with Gasteiger partial charge in [-0.2, -0.15) is 13.2 Å². The molecule has 0 aliphatic carbocycles. The summed E-state index contributed by atoms with van der Waals surface area (Å²) in [5.41, 5.74) is 0.708. The van der Waals surface area contributed by atoms with E-state index in [1.807, 2.05) is 0 Å². The highest BCUT2D eigenvalue weighted by atomic mass is 32.2. The Hall–Kier alpha value is -3.74. The summed E-state index contributed by atoms with van der Waals surface area (Å²) in [6.07, 6.45) is -3.03. The van der Waals surface area contributed by atoms with Crippen LogP contribution in [-0.4, -0.2) is 49.1 Å². The number of sulfonamides is 1. The van der Waals surface area contributed by atoms with E-state index in [1.54, 1.807) is 50.2 Å². The summed E-state index contributed by atoms with van der Waals surface area (Å²) < 4.78 is 66.2. The van der Waals surface area contributed by atoms with E-state index < -0.39 is 21.8 Å². The number of rotatable bonds is 9. The normalized spacial score (nSPS) is 11.8. The highest BCUT2D eigenvalue weighted by Gasteiger charge is 2.35. The number of nitrogens with zero attached hydrogens (tertiary/aromatic N) is 4.